The van der Waals surface area contributed by atoms with Gasteiger partial charge in [-0.1, -0.05) is 30.3 Å². The number of benzene rings is 2. The molecule has 1 heterocycles. The minimum Gasteiger partial charge on any atom is -0.322 e. The fourth-order valence-corrected chi connectivity index (χ4v) is 2.55. The summed E-state index contributed by atoms with van der Waals surface area (Å²) < 4.78 is 0. The molecule has 0 saturated carbocycles. The number of nitrogens with one attached hydrogen (secondary N) is 2. The summed E-state index contributed by atoms with van der Waals surface area (Å²) in [5.74, 6) is 0.410. The largest absolute Gasteiger partial charge is 0.322 e. The van der Waals surface area contributed by atoms with E-state index in [4.69, 9.17) is 5.73 Å². The maximum absolute atomic E-state index is 11.3. The van der Waals surface area contributed by atoms with Crippen molar-refractivity contribution in [3.05, 3.63) is 48.0 Å². The summed E-state index contributed by atoms with van der Waals surface area (Å²) in [6.45, 7) is 5.44. The summed E-state index contributed by atoms with van der Waals surface area (Å²) in [6.07, 6.45) is 0. The molecule has 5 nitrogen and oxygen atoms in total. The van der Waals surface area contributed by atoms with Crippen molar-refractivity contribution in [1.29, 1.82) is 0 Å². The molecule has 4 N–H and O–H groups in total. The Kier molecular flexibility index (Phi) is 3.66. The molecule has 23 heavy (non-hydrogen) atoms. The molecule has 1 aromatic heterocycles. The van der Waals surface area contributed by atoms with Crippen molar-refractivity contribution in [1.82, 2.24) is 10.2 Å². The van der Waals surface area contributed by atoms with E-state index in [-0.39, 0.29) is 11.4 Å². The van der Waals surface area contributed by atoms with Gasteiger partial charge < -0.3 is 11.1 Å². The Morgan fingerprint density at radius 3 is 2.39 bits per heavy atom. The first-order valence-corrected chi connectivity index (χ1v) is 7.50. The molecule has 0 atom stereocenters. The van der Waals surface area contributed by atoms with Crippen molar-refractivity contribution < 1.29 is 4.79 Å². The Balaban J connectivity index is 2.01. The first kappa shape index (κ1) is 15.2. The summed E-state index contributed by atoms with van der Waals surface area (Å²) in [7, 11) is 0. The second-order valence-electron chi connectivity index (χ2n) is 6.31. The predicted octanol–water partition coefficient (Wildman–Crippen LogP) is 3.38. The molecule has 0 spiro atoms. The molecule has 0 unspecified atom stereocenters. The number of hydrogen-bond donors (Lipinski definition) is 3. The fourth-order valence-electron chi connectivity index (χ4n) is 2.55. The maximum atomic E-state index is 11.3. The van der Waals surface area contributed by atoms with Crippen LogP contribution in [-0.2, 0) is 10.3 Å². The number of aromatic nitrogens is 2. The lowest BCUT2D eigenvalue weighted by Gasteiger charge is -2.19. The van der Waals surface area contributed by atoms with Gasteiger partial charge in [-0.15, -0.1) is 0 Å². The van der Waals surface area contributed by atoms with Crippen LogP contribution in [-0.4, -0.2) is 16.1 Å². The third-order valence-electron chi connectivity index (χ3n) is 3.82. The van der Waals surface area contributed by atoms with Crippen LogP contribution in [0, 0.1) is 0 Å². The minimum atomic E-state index is -0.356. The van der Waals surface area contributed by atoms with Gasteiger partial charge in [-0.2, -0.15) is 5.10 Å². The van der Waals surface area contributed by atoms with Gasteiger partial charge in [-0.3, -0.25) is 9.89 Å². The van der Waals surface area contributed by atoms with Crippen molar-refractivity contribution in [2.45, 2.75) is 26.3 Å². The van der Waals surface area contributed by atoms with Crippen molar-refractivity contribution in [2.75, 3.05) is 5.32 Å². The third kappa shape index (κ3) is 3.10. The van der Waals surface area contributed by atoms with Crippen LogP contribution in [0.25, 0.3) is 22.0 Å². The molecule has 0 aliphatic rings. The molecule has 0 aliphatic carbocycles. The average Bonchev–Trinajstić information content (AvgIpc) is 2.88. The molecule has 0 aliphatic heterocycles. The molecule has 0 bridgehead atoms. The van der Waals surface area contributed by atoms with Crippen LogP contribution < -0.4 is 11.1 Å². The molecule has 0 fully saturated rings. The topological polar surface area (TPSA) is 83.8 Å². The number of carbonyl (C=O) groups excluding carboxylic acids is 1. The van der Waals surface area contributed by atoms with E-state index in [1.165, 1.54) is 6.92 Å². The predicted molar refractivity (Wildman–Crippen MR) is 93.0 cm³/mol. The number of H-pyrrole nitrogens is 1. The molecule has 2 aromatic carbocycles. The van der Waals surface area contributed by atoms with Gasteiger partial charge in [0.2, 0.25) is 5.91 Å². The van der Waals surface area contributed by atoms with E-state index in [0.29, 0.717) is 5.82 Å². The zero-order valence-corrected chi connectivity index (χ0v) is 13.5. The van der Waals surface area contributed by atoms with E-state index in [9.17, 15) is 4.79 Å². The molecule has 0 radical (unpaired) electrons. The Labute approximate surface area is 134 Å². The number of nitrogens with two attached hydrogens (primary N) is 1. The number of rotatable bonds is 3. The number of aromatic amines is 1. The number of hydrogen-bond acceptors (Lipinski definition) is 3. The SMILES string of the molecule is CC(=O)Nc1n[nH]c2ccc(-c3ccc(C(C)(C)N)cc3)cc12. The Hall–Kier alpha value is -2.66. The Morgan fingerprint density at radius 2 is 1.78 bits per heavy atom. The van der Waals surface area contributed by atoms with E-state index < -0.39 is 0 Å². The normalized spacial score (nSPS) is 11.7. The lowest BCUT2D eigenvalue weighted by molar-refractivity contribution is -0.114. The first-order chi connectivity index (χ1) is 10.8. The van der Waals surface area contributed by atoms with Gasteiger partial charge in [0.15, 0.2) is 5.82 Å². The van der Waals surface area contributed by atoms with Crippen LogP contribution in [0.3, 0.4) is 0 Å². The molecular weight excluding hydrogens is 288 g/mol. The number of carbonyl (C=O) groups is 1. The average molecular weight is 308 g/mol. The molecule has 5 heteroatoms. The molecular formula is C18H20N4O. The van der Waals surface area contributed by atoms with Gasteiger partial charge in [0.05, 0.1) is 5.52 Å². The molecule has 3 aromatic rings. The van der Waals surface area contributed by atoms with E-state index in [1.807, 2.05) is 44.2 Å². The van der Waals surface area contributed by atoms with Crippen LogP contribution in [0.4, 0.5) is 5.82 Å². The van der Waals surface area contributed by atoms with Gasteiger partial charge in [0.25, 0.3) is 0 Å². The number of anilines is 1. The summed E-state index contributed by atoms with van der Waals surface area (Å²) in [6, 6.07) is 14.2. The van der Waals surface area contributed by atoms with Crippen LogP contribution >= 0.6 is 0 Å². The first-order valence-electron chi connectivity index (χ1n) is 7.50. The second-order valence-corrected chi connectivity index (χ2v) is 6.31. The molecule has 3 rings (SSSR count). The summed E-state index contributed by atoms with van der Waals surface area (Å²) in [5, 5.41) is 10.7. The van der Waals surface area contributed by atoms with Crippen LogP contribution in [0.15, 0.2) is 42.5 Å². The van der Waals surface area contributed by atoms with Crippen LogP contribution in [0.5, 0.6) is 0 Å². The highest BCUT2D eigenvalue weighted by atomic mass is 16.1. The zero-order chi connectivity index (χ0) is 16.6. The zero-order valence-electron chi connectivity index (χ0n) is 13.5. The van der Waals surface area contributed by atoms with Gasteiger partial charge in [0.1, 0.15) is 0 Å². The Morgan fingerprint density at radius 1 is 1.13 bits per heavy atom. The quantitative estimate of drug-likeness (QED) is 0.693. The van der Waals surface area contributed by atoms with E-state index in [2.05, 4.69) is 27.6 Å². The van der Waals surface area contributed by atoms with Gasteiger partial charge in [-0.25, -0.2) is 0 Å². The van der Waals surface area contributed by atoms with Crippen molar-refractivity contribution in [3.8, 4) is 11.1 Å². The Bertz CT molecular complexity index is 857. The van der Waals surface area contributed by atoms with Gasteiger partial charge >= 0.3 is 0 Å². The molecule has 0 saturated heterocycles. The highest BCUT2D eigenvalue weighted by Crippen LogP contribution is 2.28. The van der Waals surface area contributed by atoms with Crippen LogP contribution in [0.1, 0.15) is 26.3 Å². The number of amides is 1. The summed E-state index contributed by atoms with van der Waals surface area (Å²) in [5.41, 5.74) is 9.89. The van der Waals surface area contributed by atoms with Crippen molar-refractivity contribution in [3.63, 3.8) is 0 Å². The van der Waals surface area contributed by atoms with Gasteiger partial charge in [0, 0.05) is 17.8 Å². The third-order valence-corrected chi connectivity index (χ3v) is 3.82. The maximum Gasteiger partial charge on any atom is 0.222 e. The molecule has 118 valence electrons. The van der Waals surface area contributed by atoms with E-state index in [1.54, 1.807) is 0 Å². The number of nitrogens with zero attached hydrogens (tertiary/aromatic N) is 1. The van der Waals surface area contributed by atoms with E-state index in [0.717, 1.165) is 27.6 Å². The number of fused-ring (bicyclic) bond motifs is 1. The van der Waals surface area contributed by atoms with Crippen molar-refractivity contribution >= 4 is 22.6 Å². The second kappa shape index (κ2) is 5.52. The monoisotopic (exact) mass is 308 g/mol. The fraction of sp³-hybridized carbons (Fsp3) is 0.222. The van der Waals surface area contributed by atoms with Crippen LogP contribution in [0.2, 0.25) is 0 Å². The lowest BCUT2D eigenvalue weighted by atomic mass is 9.93. The minimum absolute atomic E-state index is 0.140. The highest BCUT2D eigenvalue weighted by Gasteiger charge is 2.14. The van der Waals surface area contributed by atoms with Crippen molar-refractivity contribution in [2.24, 2.45) is 5.73 Å². The van der Waals surface area contributed by atoms with Gasteiger partial charge in [-0.05, 0) is 42.7 Å². The summed E-state index contributed by atoms with van der Waals surface area (Å²) in [4.78, 5) is 11.3. The lowest BCUT2D eigenvalue weighted by Crippen LogP contribution is -2.28. The highest BCUT2D eigenvalue weighted by molar-refractivity contribution is 6.00. The van der Waals surface area contributed by atoms with E-state index >= 15 is 0 Å². The standard InChI is InChI=1S/C18H20N4O/c1-11(23)20-17-15-10-13(6-9-16(15)21-22-17)12-4-7-14(8-5-12)18(2,3)19/h4-10H,19H2,1-3H3,(H2,20,21,22,23). The smallest absolute Gasteiger partial charge is 0.222 e. The molecule has 1 amide bonds. The summed E-state index contributed by atoms with van der Waals surface area (Å²) >= 11 is 0.